The van der Waals surface area contributed by atoms with E-state index in [1.165, 1.54) is 0 Å². The Morgan fingerprint density at radius 2 is 1.64 bits per heavy atom. The minimum absolute atomic E-state index is 0.0180. The van der Waals surface area contributed by atoms with Gasteiger partial charge in [-0.2, -0.15) is 9.97 Å². The molecule has 0 radical (unpaired) electrons. The van der Waals surface area contributed by atoms with E-state index in [1.807, 2.05) is 45.0 Å². The van der Waals surface area contributed by atoms with Crippen LogP contribution in [-0.4, -0.2) is 26.1 Å². The molecule has 1 aromatic carbocycles. The molecular formula is C18H20N4O3. The molecule has 3 rings (SSSR count). The lowest BCUT2D eigenvalue weighted by atomic mass is 9.96. The number of hydrogen-bond donors (Lipinski definition) is 0. The van der Waals surface area contributed by atoms with Gasteiger partial charge in [0.05, 0.1) is 12.3 Å². The van der Waals surface area contributed by atoms with Crippen molar-refractivity contribution in [3.63, 3.8) is 0 Å². The Kier molecular flexibility index (Phi) is 4.74. The first-order valence-corrected chi connectivity index (χ1v) is 8.20. The van der Waals surface area contributed by atoms with E-state index in [4.69, 9.17) is 9.05 Å². The van der Waals surface area contributed by atoms with Gasteiger partial charge in [0.15, 0.2) is 17.4 Å². The normalized spacial score (nSPS) is 12.5. The quantitative estimate of drug-likeness (QED) is 0.635. The zero-order valence-corrected chi connectivity index (χ0v) is 14.7. The molecule has 0 bridgehead atoms. The van der Waals surface area contributed by atoms with Crippen molar-refractivity contribution >= 4 is 5.78 Å². The molecule has 0 fully saturated rings. The van der Waals surface area contributed by atoms with Gasteiger partial charge in [0, 0.05) is 18.4 Å². The molecule has 0 spiro atoms. The molecule has 3 aromatic rings. The monoisotopic (exact) mass is 340 g/mol. The van der Waals surface area contributed by atoms with E-state index in [-0.39, 0.29) is 17.6 Å². The minimum Gasteiger partial charge on any atom is -0.340 e. The summed E-state index contributed by atoms with van der Waals surface area (Å²) in [6, 6.07) is 7.53. The lowest BCUT2D eigenvalue weighted by molar-refractivity contribution is 0.0939. The highest BCUT2D eigenvalue weighted by Crippen LogP contribution is 2.24. The van der Waals surface area contributed by atoms with Gasteiger partial charge in [-0.1, -0.05) is 48.4 Å². The molecule has 1 unspecified atom stereocenters. The number of benzene rings is 1. The number of carbonyl (C=O) groups excluding carboxylic acids is 1. The Bertz CT molecular complexity index is 865. The molecule has 0 aliphatic rings. The molecule has 0 amide bonds. The third-order valence-corrected chi connectivity index (χ3v) is 3.96. The summed E-state index contributed by atoms with van der Waals surface area (Å²) in [7, 11) is 0. The number of aryl methyl sites for hydroxylation is 1. The van der Waals surface area contributed by atoms with Crippen molar-refractivity contribution in [2.45, 2.75) is 40.0 Å². The maximum absolute atomic E-state index is 12.0. The van der Waals surface area contributed by atoms with Gasteiger partial charge in [-0.3, -0.25) is 4.79 Å². The second-order valence-electron chi connectivity index (χ2n) is 6.32. The smallest absolute Gasteiger partial charge is 0.233 e. The molecule has 2 heterocycles. The number of carbonyl (C=O) groups is 1. The van der Waals surface area contributed by atoms with Crippen LogP contribution in [0.25, 0.3) is 0 Å². The summed E-state index contributed by atoms with van der Waals surface area (Å²) >= 11 is 0. The summed E-state index contributed by atoms with van der Waals surface area (Å²) in [5, 5.41) is 7.80. The number of aromatic nitrogens is 4. The lowest BCUT2D eigenvalue weighted by Crippen LogP contribution is -2.07. The van der Waals surface area contributed by atoms with E-state index in [0.717, 1.165) is 5.56 Å². The number of rotatable bonds is 6. The van der Waals surface area contributed by atoms with Crippen LogP contribution in [0.5, 0.6) is 0 Å². The average molecular weight is 340 g/mol. The molecule has 0 aliphatic carbocycles. The fraction of sp³-hybridized carbons (Fsp3) is 0.389. The fourth-order valence-electron chi connectivity index (χ4n) is 2.48. The van der Waals surface area contributed by atoms with Crippen LogP contribution in [0.15, 0.2) is 33.3 Å². The van der Waals surface area contributed by atoms with Crippen LogP contribution < -0.4 is 0 Å². The second kappa shape index (κ2) is 6.96. The van der Waals surface area contributed by atoms with E-state index < -0.39 is 0 Å². The molecule has 2 aromatic heterocycles. The van der Waals surface area contributed by atoms with E-state index in [0.29, 0.717) is 35.4 Å². The maximum Gasteiger partial charge on any atom is 0.233 e. The van der Waals surface area contributed by atoms with Crippen molar-refractivity contribution in [3.8, 4) is 0 Å². The van der Waals surface area contributed by atoms with Crippen molar-refractivity contribution in [1.29, 1.82) is 0 Å². The molecule has 0 saturated carbocycles. The number of nitrogens with zero attached hydrogens (tertiary/aromatic N) is 4. The molecule has 130 valence electrons. The summed E-state index contributed by atoms with van der Waals surface area (Å²) in [5.74, 6) is 2.09. The lowest BCUT2D eigenvalue weighted by Gasteiger charge is -2.09. The predicted molar refractivity (Wildman–Crippen MR) is 89.3 cm³/mol. The van der Waals surface area contributed by atoms with Crippen LogP contribution >= 0.6 is 0 Å². The zero-order chi connectivity index (χ0) is 18.0. The molecule has 25 heavy (non-hydrogen) atoms. The van der Waals surface area contributed by atoms with Crippen LogP contribution in [0.3, 0.4) is 0 Å². The fourth-order valence-corrected chi connectivity index (χ4v) is 2.48. The van der Waals surface area contributed by atoms with Crippen LogP contribution in [0.1, 0.15) is 66.0 Å². The van der Waals surface area contributed by atoms with Crippen molar-refractivity contribution in [2.24, 2.45) is 5.92 Å². The number of ketones is 1. The van der Waals surface area contributed by atoms with Gasteiger partial charge in [0.25, 0.3) is 0 Å². The SMILES string of the molecule is Cc1nc(Cc2noc(C(C)c3ccc(C(=O)C(C)C)cc3)n2)no1. The molecule has 0 saturated heterocycles. The van der Waals surface area contributed by atoms with E-state index in [2.05, 4.69) is 20.3 Å². The molecule has 0 N–H and O–H groups in total. The summed E-state index contributed by atoms with van der Waals surface area (Å²) in [6.45, 7) is 7.50. The highest BCUT2D eigenvalue weighted by atomic mass is 16.5. The van der Waals surface area contributed by atoms with Crippen LogP contribution in [-0.2, 0) is 6.42 Å². The summed E-state index contributed by atoms with van der Waals surface area (Å²) in [6.07, 6.45) is 0.357. The third kappa shape index (κ3) is 3.81. The Hall–Kier alpha value is -2.83. The largest absolute Gasteiger partial charge is 0.340 e. The van der Waals surface area contributed by atoms with Gasteiger partial charge < -0.3 is 9.05 Å². The van der Waals surface area contributed by atoms with Gasteiger partial charge >= 0.3 is 0 Å². The summed E-state index contributed by atoms with van der Waals surface area (Å²) in [4.78, 5) is 20.6. The predicted octanol–water partition coefficient (Wildman–Crippen LogP) is 3.34. The second-order valence-corrected chi connectivity index (χ2v) is 6.32. The molecule has 0 aliphatic heterocycles. The van der Waals surface area contributed by atoms with Gasteiger partial charge in [-0.25, -0.2) is 0 Å². The first-order valence-electron chi connectivity index (χ1n) is 8.20. The van der Waals surface area contributed by atoms with Crippen molar-refractivity contribution in [3.05, 3.63) is 58.8 Å². The average Bonchev–Trinajstić information content (AvgIpc) is 3.23. The highest BCUT2D eigenvalue weighted by molar-refractivity contribution is 5.97. The first kappa shape index (κ1) is 17.0. The summed E-state index contributed by atoms with van der Waals surface area (Å²) in [5.41, 5.74) is 1.72. The van der Waals surface area contributed by atoms with Gasteiger partial charge in [-0.15, -0.1) is 0 Å². The van der Waals surface area contributed by atoms with E-state index in [1.54, 1.807) is 6.92 Å². The molecular weight excluding hydrogens is 320 g/mol. The highest BCUT2D eigenvalue weighted by Gasteiger charge is 2.18. The maximum atomic E-state index is 12.0. The minimum atomic E-state index is -0.0727. The van der Waals surface area contributed by atoms with Crippen LogP contribution in [0.2, 0.25) is 0 Å². The standard InChI is InChI=1S/C18H20N4O3/c1-10(2)17(23)14-7-5-13(6-8-14)11(3)18-20-16(22-25-18)9-15-19-12(4)24-21-15/h5-8,10-11H,9H2,1-4H3. The topological polar surface area (TPSA) is 94.9 Å². The Labute approximate surface area is 145 Å². The Morgan fingerprint density at radius 1 is 1.00 bits per heavy atom. The molecule has 1 atom stereocenters. The third-order valence-electron chi connectivity index (χ3n) is 3.96. The first-order chi connectivity index (χ1) is 11.9. The Morgan fingerprint density at radius 3 is 2.24 bits per heavy atom. The zero-order valence-electron chi connectivity index (χ0n) is 14.7. The van der Waals surface area contributed by atoms with E-state index >= 15 is 0 Å². The van der Waals surface area contributed by atoms with E-state index in [9.17, 15) is 4.79 Å². The molecule has 7 nitrogen and oxygen atoms in total. The van der Waals surface area contributed by atoms with Gasteiger partial charge in [0.1, 0.15) is 0 Å². The number of hydrogen-bond acceptors (Lipinski definition) is 7. The van der Waals surface area contributed by atoms with Crippen molar-refractivity contribution < 1.29 is 13.8 Å². The number of Topliss-reactive ketones (excluding diaryl/α,β-unsaturated/α-hetero) is 1. The van der Waals surface area contributed by atoms with Crippen molar-refractivity contribution in [2.75, 3.05) is 0 Å². The van der Waals surface area contributed by atoms with Gasteiger partial charge in [-0.05, 0) is 12.5 Å². The Balaban J connectivity index is 1.72. The van der Waals surface area contributed by atoms with Crippen LogP contribution in [0, 0.1) is 12.8 Å². The van der Waals surface area contributed by atoms with Gasteiger partial charge in [0.2, 0.25) is 11.8 Å². The van der Waals surface area contributed by atoms with Crippen LogP contribution in [0.4, 0.5) is 0 Å². The van der Waals surface area contributed by atoms with Crippen molar-refractivity contribution in [1.82, 2.24) is 20.3 Å². The summed E-state index contributed by atoms with van der Waals surface area (Å²) < 4.78 is 10.3. The molecule has 7 heteroatoms.